The molecule has 126 valence electrons. The summed E-state index contributed by atoms with van der Waals surface area (Å²) in [6.45, 7) is 0.606. The quantitative estimate of drug-likeness (QED) is 0.874. The van der Waals surface area contributed by atoms with E-state index in [2.05, 4.69) is 0 Å². The molecule has 23 heavy (non-hydrogen) atoms. The zero-order valence-corrected chi connectivity index (χ0v) is 12.9. The van der Waals surface area contributed by atoms with Crippen molar-refractivity contribution in [3.8, 4) is 0 Å². The van der Waals surface area contributed by atoms with E-state index in [1.54, 1.807) is 4.90 Å². The van der Waals surface area contributed by atoms with Crippen molar-refractivity contribution >= 4 is 11.9 Å². The third-order valence-electron chi connectivity index (χ3n) is 4.28. The first-order valence-corrected chi connectivity index (χ1v) is 7.93. The molecule has 0 bridgehead atoms. The summed E-state index contributed by atoms with van der Waals surface area (Å²) < 4.78 is 26.8. The number of carboxylic acid groups (broad SMARTS) is 1. The fourth-order valence-electron chi connectivity index (χ4n) is 3.05. The molecule has 1 aliphatic heterocycles. The van der Waals surface area contributed by atoms with Gasteiger partial charge in [0.05, 0.1) is 0 Å². The fourth-order valence-corrected chi connectivity index (χ4v) is 3.05. The predicted octanol–water partition coefficient (Wildman–Crippen LogP) is 3.14. The number of carbonyl (C=O) groups excluding carboxylic acids is 1. The second kappa shape index (κ2) is 8.04. The van der Waals surface area contributed by atoms with Crippen LogP contribution in [0.3, 0.4) is 0 Å². The Hall–Kier alpha value is -1.98. The van der Waals surface area contributed by atoms with E-state index < -0.39 is 17.6 Å². The Morgan fingerprint density at radius 1 is 1.22 bits per heavy atom. The lowest BCUT2D eigenvalue weighted by molar-refractivity contribution is -0.140. The second-order valence-electron chi connectivity index (χ2n) is 5.88. The summed E-state index contributed by atoms with van der Waals surface area (Å²) in [6.07, 6.45) is 3.39. The number of carboxylic acids is 1. The molecule has 1 N–H and O–H groups in total. The number of hydrogen-bond donors (Lipinski definition) is 1. The maximum atomic E-state index is 13.6. The van der Waals surface area contributed by atoms with Gasteiger partial charge in [0.15, 0.2) is 11.6 Å². The Kier molecular flexibility index (Phi) is 6.07. The molecule has 1 amide bonds. The van der Waals surface area contributed by atoms with Crippen LogP contribution in [0.5, 0.6) is 0 Å². The molecule has 1 atom stereocenters. The number of rotatable bonds is 6. The van der Waals surface area contributed by atoms with Gasteiger partial charge in [-0.1, -0.05) is 12.1 Å². The van der Waals surface area contributed by atoms with Gasteiger partial charge in [-0.3, -0.25) is 9.59 Å². The maximum absolute atomic E-state index is 13.6. The van der Waals surface area contributed by atoms with E-state index in [1.165, 1.54) is 12.1 Å². The number of aryl methyl sites for hydroxylation is 1. The van der Waals surface area contributed by atoms with Gasteiger partial charge in [0.1, 0.15) is 0 Å². The summed E-state index contributed by atoms with van der Waals surface area (Å²) in [7, 11) is 0. The van der Waals surface area contributed by atoms with E-state index in [9.17, 15) is 18.4 Å². The van der Waals surface area contributed by atoms with Crippen LogP contribution in [0.15, 0.2) is 18.2 Å². The van der Waals surface area contributed by atoms with Crippen molar-refractivity contribution in [2.24, 2.45) is 0 Å². The van der Waals surface area contributed by atoms with Gasteiger partial charge < -0.3 is 10.0 Å². The molecule has 0 aromatic heterocycles. The molecule has 0 spiro atoms. The number of nitrogens with zero attached hydrogens (tertiary/aromatic N) is 1. The lowest BCUT2D eigenvalue weighted by atomic mass is 9.97. The highest BCUT2D eigenvalue weighted by Crippen LogP contribution is 2.22. The van der Waals surface area contributed by atoms with Crippen LogP contribution in [0.2, 0.25) is 0 Å². The van der Waals surface area contributed by atoms with Crippen molar-refractivity contribution in [2.75, 3.05) is 6.54 Å². The topological polar surface area (TPSA) is 57.6 Å². The number of piperidine rings is 1. The van der Waals surface area contributed by atoms with Gasteiger partial charge in [-0.05, 0) is 43.7 Å². The first-order chi connectivity index (χ1) is 11.0. The Morgan fingerprint density at radius 3 is 2.74 bits per heavy atom. The molecule has 0 radical (unpaired) electrons. The molecule has 1 saturated heterocycles. The first-order valence-electron chi connectivity index (χ1n) is 7.93. The van der Waals surface area contributed by atoms with E-state index in [-0.39, 0.29) is 36.8 Å². The largest absolute Gasteiger partial charge is 0.481 e. The first kappa shape index (κ1) is 17.4. The van der Waals surface area contributed by atoms with Gasteiger partial charge in [0.25, 0.3) is 0 Å². The third-order valence-corrected chi connectivity index (χ3v) is 4.28. The lowest BCUT2D eigenvalue weighted by Gasteiger charge is -2.35. The van der Waals surface area contributed by atoms with E-state index in [0.29, 0.717) is 13.0 Å². The Labute approximate surface area is 134 Å². The van der Waals surface area contributed by atoms with Gasteiger partial charge in [-0.25, -0.2) is 8.78 Å². The van der Waals surface area contributed by atoms with E-state index >= 15 is 0 Å². The minimum Gasteiger partial charge on any atom is -0.481 e. The summed E-state index contributed by atoms with van der Waals surface area (Å²) in [5.41, 5.74) is 0.192. The van der Waals surface area contributed by atoms with Gasteiger partial charge >= 0.3 is 5.97 Å². The average molecular weight is 325 g/mol. The molecule has 2 rings (SSSR count). The van der Waals surface area contributed by atoms with E-state index in [1.807, 2.05) is 0 Å². The van der Waals surface area contributed by atoms with Crippen molar-refractivity contribution in [3.05, 3.63) is 35.4 Å². The standard InChI is InChI=1S/C17H21F2NO3/c18-14-6-3-4-12(17(14)19)7-9-15(21)20-11-2-1-5-13(20)8-10-16(22)23/h3-4,6,13H,1-2,5,7-11H2,(H,22,23)/t13-/m0/s1. The van der Waals surface area contributed by atoms with Crippen LogP contribution in [-0.2, 0) is 16.0 Å². The highest BCUT2D eigenvalue weighted by molar-refractivity contribution is 5.77. The Bertz CT molecular complexity index is 577. The summed E-state index contributed by atoms with van der Waals surface area (Å²) in [6, 6.07) is 3.89. The van der Waals surface area contributed by atoms with Crippen LogP contribution in [0.4, 0.5) is 8.78 Å². The molecule has 4 nitrogen and oxygen atoms in total. The van der Waals surface area contributed by atoms with Crippen molar-refractivity contribution in [1.29, 1.82) is 0 Å². The monoisotopic (exact) mass is 325 g/mol. The highest BCUT2D eigenvalue weighted by Gasteiger charge is 2.26. The molecule has 1 aromatic rings. The number of carbonyl (C=O) groups is 2. The van der Waals surface area contributed by atoms with Crippen LogP contribution < -0.4 is 0 Å². The Balaban J connectivity index is 1.94. The Morgan fingerprint density at radius 2 is 2.00 bits per heavy atom. The second-order valence-corrected chi connectivity index (χ2v) is 5.88. The van der Waals surface area contributed by atoms with Crippen LogP contribution in [-0.4, -0.2) is 34.5 Å². The normalized spacial score (nSPS) is 18.0. The van der Waals surface area contributed by atoms with Gasteiger partial charge in [0, 0.05) is 25.4 Å². The summed E-state index contributed by atoms with van der Waals surface area (Å²) in [4.78, 5) is 24.8. The number of amides is 1. The summed E-state index contributed by atoms with van der Waals surface area (Å²) in [5.74, 6) is -2.80. The number of halogens is 2. The molecular formula is C17H21F2NO3. The lowest BCUT2D eigenvalue weighted by Crippen LogP contribution is -2.44. The third kappa shape index (κ3) is 4.74. The molecule has 1 aliphatic rings. The van der Waals surface area contributed by atoms with Crippen molar-refractivity contribution in [1.82, 2.24) is 4.90 Å². The van der Waals surface area contributed by atoms with Crippen molar-refractivity contribution in [3.63, 3.8) is 0 Å². The number of benzene rings is 1. The smallest absolute Gasteiger partial charge is 0.303 e. The fraction of sp³-hybridized carbons (Fsp3) is 0.529. The van der Waals surface area contributed by atoms with Gasteiger partial charge in [0.2, 0.25) is 5.91 Å². The predicted molar refractivity (Wildman–Crippen MR) is 80.9 cm³/mol. The number of likely N-dealkylation sites (tertiary alicyclic amines) is 1. The zero-order valence-electron chi connectivity index (χ0n) is 12.9. The average Bonchev–Trinajstić information content (AvgIpc) is 2.54. The van der Waals surface area contributed by atoms with Crippen molar-refractivity contribution in [2.45, 2.75) is 51.0 Å². The number of hydrogen-bond acceptors (Lipinski definition) is 2. The highest BCUT2D eigenvalue weighted by atomic mass is 19.2. The van der Waals surface area contributed by atoms with Crippen LogP contribution in [0.1, 0.15) is 44.1 Å². The van der Waals surface area contributed by atoms with Crippen LogP contribution >= 0.6 is 0 Å². The molecule has 1 fully saturated rings. The van der Waals surface area contributed by atoms with Crippen molar-refractivity contribution < 1.29 is 23.5 Å². The molecule has 0 unspecified atom stereocenters. The van der Waals surface area contributed by atoms with Gasteiger partial charge in [-0.15, -0.1) is 0 Å². The van der Waals surface area contributed by atoms with E-state index in [0.717, 1.165) is 25.3 Å². The minimum atomic E-state index is -0.910. The molecule has 6 heteroatoms. The van der Waals surface area contributed by atoms with E-state index in [4.69, 9.17) is 5.11 Å². The number of aliphatic carboxylic acids is 1. The summed E-state index contributed by atoms with van der Waals surface area (Å²) in [5, 5.41) is 8.80. The molecule has 1 aromatic carbocycles. The van der Waals surface area contributed by atoms with Crippen LogP contribution in [0.25, 0.3) is 0 Å². The summed E-state index contributed by atoms with van der Waals surface area (Å²) >= 11 is 0. The minimum absolute atomic E-state index is 0.0347. The molecule has 0 saturated carbocycles. The molecule has 1 heterocycles. The zero-order chi connectivity index (χ0) is 16.8. The SMILES string of the molecule is O=C(O)CC[C@@H]1CCCCN1C(=O)CCc1cccc(F)c1F. The molecule has 0 aliphatic carbocycles. The molecular weight excluding hydrogens is 304 g/mol. The maximum Gasteiger partial charge on any atom is 0.303 e. The van der Waals surface area contributed by atoms with Gasteiger partial charge in [-0.2, -0.15) is 0 Å². The van der Waals surface area contributed by atoms with Crippen LogP contribution in [0, 0.1) is 11.6 Å².